The van der Waals surface area contributed by atoms with Crippen LogP contribution in [-0.4, -0.2) is 11.5 Å². The molecule has 0 bridgehead atoms. The standard InChI is InChI=1S/C17H14F2N2.ClH/c18-13-4-2-1-3-10(13)11-5-6-14(19)17-16(11)12-9-20-8-7-15(12)21-17;/h1-6,20-21H,7-9H2;1H. The largest absolute Gasteiger partial charge is 0.356 e. The summed E-state index contributed by atoms with van der Waals surface area (Å²) >= 11 is 0. The molecule has 0 fully saturated rings. The molecule has 2 nitrogen and oxygen atoms in total. The van der Waals surface area contributed by atoms with Gasteiger partial charge in [0.25, 0.3) is 0 Å². The summed E-state index contributed by atoms with van der Waals surface area (Å²) in [6, 6.07) is 9.69. The molecule has 114 valence electrons. The van der Waals surface area contributed by atoms with Gasteiger partial charge in [-0.2, -0.15) is 0 Å². The summed E-state index contributed by atoms with van der Waals surface area (Å²) in [5, 5.41) is 4.09. The monoisotopic (exact) mass is 320 g/mol. The Balaban J connectivity index is 0.00000144. The summed E-state index contributed by atoms with van der Waals surface area (Å²) in [7, 11) is 0. The first-order valence-electron chi connectivity index (χ1n) is 7.03. The van der Waals surface area contributed by atoms with Crippen LogP contribution >= 0.6 is 12.4 Å². The van der Waals surface area contributed by atoms with E-state index in [0.29, 0.717) is 17.6 Å². The number of hydrogen-bond acceptors (Lipinski definition) is 1. The molecule has 0 atom stereocenters. The summed E-state index contributed by atoms with van der Waals surface area (Å²) in [6.45, 7) is 1.55. The van der Waals surface area contributed by atoms with E-state index in [0.717, 1.165) is 35.2 Å². The van der Waals surface area contributed by atoms with Crippen molar-refractivity contribution >= 4 is 23.3 Å². The Morgan fingerprint density at radius 2 is 1.73 bits per heavy atom. The van der Waals surface area contributed by atoms with Crippen molar-refractivity contribution in [2.75, 3.05) is 6.54 Å². The van der Waals surface area contributed by atoms with Gasteiger partial charge in [0.05, 0.1) is 5.52 Å². The predicted octanol–water partition coefficient (Wildman–Crippen LogP) is 4.18. The minimum Gasteiger partial charge on any atom is -0.356 e. The number of halogens is 3. The fourth-order valence-corrected chi connectivity index (χ4v) is 3.13. The molecular weight excluding hydrogens is 306 g/mol. The van der Waals surface area contributed by atoms with Crippen molar-refractivity contribution in [1.29, 1.82) is 0 Å². The first kappa shape index (κ1) is 15.0. The third kappa shape index (κ3) is 2.19. The van der Waals surface area contributed by atoms with Crippen molar-refractivity contribution < 1.29 is 8.78 Å². The van der Waals surface area contributed by atoms with E-state index in [1.807, 2.05) is 0 Å². The molecule has 2 N–H and O–H groups in total. The lowest BCUT2D eigenvalue weighted by Gasteiger charge is -2.14. The van der Waals surface area contributed by atoms with E-state index in [4.69, 9.17) is 0 Å². The van der Waals surface area contributed by atoms with Crippen LogP contribution in [0, 0.1) is 11.6 Å². The number of nitrogens with one attached hydrogen (secondary N) is 2. The van der Waals surface area contributed by atoms with Crippen LogP contribution in [0.15, 0.2) is 36.4 Å². The quantitative estimate of drug-likeness (QED) is 0.691. The van der Waals surface area contributed by atoms with E-state index in [2.05, 4.69) is 10.3 Å². The molecule has 1 aromatic heterocycles. The number of H-pyrrole nitrogens is 1. The minimum absolute atomic E-state index is 0. The van der Waals surface area contributed by atoms with Crippen molar-refractivity contribution in [3.63, 3.8) is 0 Å². The second-order valence-electron chi connectivity index (χ2n) is 5.33. The maximum absolute atomic E-state index is 14.1. The molecule has 3 aromatic rings. The normalized spacial score (nSPS) is 13.7. The molecule has 0 saturated heterocycles. The van der Waals surface area contributed by atoms with E-state index >= 15 is 0 Å². The van der Waals surface area contributed by atoms with Crippen LogP contribution in [-0.2, 0) is 13.0 Å². The molecule has 0 radical (unpaired) electrons. The minimum atomic E-state index is -0.292. The molecule has 2 heterocycles. The van der Waals surface area contributed by atoms with Gasteiger partial charge in [-0.25, -0.2) is 8.78 Å². The van der Waals surface area contributed by atoms with Gasteiger partial charge < -0.3 is 10.3 Å². The van der Waals surface area contributed by atoms with Gasteiger partial charge in [-0.3, -0.25) is 0 Å². The number of rotatable bonds is 1. The summed E-state index contributed by atoms with van der Waals surface area (Å²) in [4.78, 5) is 3.18. The van der Waals surface area contributed by atoms with E-state index < -0.39 is 0 Å². The summed E-state index contributed by atoms with van der Waals surface area (Å²) < 4.78 is 28.2. The van der Waals surface area contributed by atoms with E-state index in [1.54, 1.807) is 24.3 Å². The number of hydrogen-bond donors (Lipinski definition) is 2. The Labute approximate surface area is 133 Å². The van der Waals surface area contributed by atoms with Crippen LogP contribution in [0.3, 0.4) is 0 Å². The highest BCUT2D eigenvalue weighted by Crippen LogP contribution is 2.36. The lowest BCUT2D eigenvalue weighted by molar-refractivity contribution is 0.630. The van der Waals surface area contributed by atoms with Crippen LogP contribution in [0.25, 0.3) is 22.0 Å². The smallest absolute Gasteiger partial charge is 0.147 e. The van der Waals surface area contributed by atoms with Gasteiger partial charge in [0.15, 0.2) is 0 Å². The van der Waals surface area contributed by atoms with Gasteiger partial charge in [-0.05, 0) is 23.3 Å². The predicted molar refractivity (Wildman–Crippen MR) is 86.3 cm³/mol. The topological polar surface area (TPSA) is 27.8 Å². The third-order valence-electron chi connectivity index (χ3n) is 4.11. The van der Waals surface area contributed by atoms with Gasteiger partial charge in [-0.1, -0.05) is 24.3 Å². The second kappa shape index (κ2) is 5.71. The van der Waals surface area contributed by atoms with Crippen LogP contribution in [0.2, 0.25) is 0 Å². The van der Waals surface area contributed by atoms with E-state index in [1.165, 1.54) is 12.1 Å². The molecule has 5 heteroatoms. The highest BCUT2D eigenvalue weighted by Gasteiger charge is 2.21. The Kier molecular flexibility index (Phi) is 3.89. The molecule has 22 heavy (non-hydrogen) atoms. The first-order valence-corrected chi connectivity index (χ1v) is 7.03. The Bertz CT molecular complexity index is 842. The Morgan fingerprint density at radius 3 is 2.55 bits per heavy atom. The van der Waals surface area contributed by atoms with Crippen LogP contribution in [0.5, 0.6) is 0 Å². The molecule has 2 aromatic carbocycles. The van der Waals surface area contributed by atoms with Crippen LogP contribution in [0.1, 0.15) is 11.3 Å². The maximum atomic E-state index is 14.1. The number of benzene rings is 2. The van der Waals surface area contributed by atoms with Gasteiger partial charge in [0.1, 0.15) is 11.6 Å². The zero-order valence-electron chi connectivity index (χ0n) is 11.7. The Morgan fingerprint density at radius 1 is 0.909 bits per heavy atom. The van der Waals surface area contributed by atoms with E-state index in [9.17, 15) is 8.78 Å². The van der Waals surface area contributed by atoms with Gasteiger partial charge in [0.2, 0.25) is 0 Å². The lowest BCUT2D eigenvalue weighted by Crippen LogP contribution is -2.23. The fourth-order valence-electron chi connectivity index (χ4n) is 3.13. The molecule has 0 saturated carbocycles. The lowest BCUT2D eigenvalue weighted by atomic mass is 9.96. The number of aromatic amines is 1. The van der Waals surface area contributed by atoms with Crippen molar-refractivity contribution in [3.05, 3.63) is 59.3 Å². The average Bonchev–Trinajstić information content (AvgIpc) is 2.89. The number of fused-ring (bicyclic) bond motifs is 3. The molecule has 0 spiro atoms. The van der Waals surface area contributed by atoms with Crippen molar-refractivity contribution in [1.82, 2.24) is 10.3 Å². The van der Waals surface area contributed by atoms with Gasteiger partial charge in [0, 0.05) is 36.2 Å². The number of aromatic nitrogens is 1. The van der Waals surface area contributed by atoms with E-state index in [-0.39, 0.29) is 24.0 Å². The summed E-state index contributed by atoms with van der Waals surface area (Å²) in [6.07, 6.45) is 0.833. The zero-order chi connectivity index (χ0) is 14.4. The molecule has 0 aliphatic carbocycles. The fraction of sp³-hybridized carbons (Fsp3) is 0.176. The first-order chi connectivity index (χ1) is 10.3. The molecular formula is C17H15ClF2N2. The van der Waals surface area contributed by atoms with Crippen molar-refractivity contribution in [3.8, 4) is 11.1 Å². The van der Waals surface area contributed by atoms with Gasteiger partial charge in [-0.15, -0.1) is 12.4 Å². The summed E-state index contributed by atoms with van der Waals surface area (Å²) in [5.41, 5.74) is 3.82. The highest BCUT2D eigenvalue weighted by atomic mass is 35.5. The van der Waals surface area contributed by atoms with Gasteiger partial charge >= 0.3 is 0 Å². The highest BCUT2D eigenvalue weighted by molar-refractivity contribution is 5.99. The molecule has 0 unspecified atom stereocenters. The van der Waals surface area contributed by atoms with Crippen molar-refractivity contribution in [2.45, 2.75) is 13.0 Å². The SMILES string of the molecule is Cl.Fc1ccccc1-c1ccc(F)c2[nH]c3c(c12)CNCC3. The molecule has 1 aliphatic rings. The third-order valence-corrected chi connectivity index (χ3v) is 4.11. The van der Waals surface area contributed by atoms with Crippen LogP contribution in [0.4, 0.5) is 8.78 Å². The Hall–Kier alpha value is -1.91. The average molecular weight is 321 g/mol. The molecule has 4 rings (SSSR count). The summed E-state index contributed by atoms with van der Waals surface area (Å²) in [5.74, 6) is -0.580. The maximum Gasteiger partial charge on any atom is 0.147 e. The zero-order valence-corrected chi connectivity index (χ0v) is 12.6. The second-order valence-corrected chi connectivity index (χ2v) is 5.33. The van der Waals surface area contributed by atoms with Crippen molar-refractivity contribution in [2.24, 2.45) is 0 Å². The van der Waals surface area contributed by atoms with Crippen LogP contribution < -0.4 is 5.32 Å². The molecule has 1 aliphatic heterocycles. The molecule has 0 amide bonds.